The van der Waals surface area contributed by atoms with Gasteiger partial charge in [0.25, 0.3) is 5.88 Å². The van der Waals surface area contributed by atoms with E-state index in [9.17, 15) is 9.59 Å². The molecule has 3 aromatic rings. The Labute approximate surface area is 180 Å². The van der Waals surface area contributed by atoms with E-state index in [1.54, 1.807) is 16.7 Å². The Balaban J connectivity index is 1.71. The van der Waals surface area contributed by atoms with Crippen LogP contribution in [-0.2, 0) is 17.8 Å². The van der Waals surface area contributed by atoms with Gasteiger partial charge in [0.15, 0.2) is 12.4 Å². The van der Waals surface area contributed by atoms with Gasteiger partial charge in [-0.1, -0.05) is 23.2 Å². The van der Waals surface area contributed by atoms with Crippen molar-refractivity contribution in [2.45, 2.75) is 25.8 Å². The molecular formula is C19H16Cl2N4O5. The Kier molecular flexibility index (Phi) is 5.65. The first-order chi connectivity index (χ1) is 14.4. The van der Waals surface area contributed by atoms with Crippen LogP contribution in [0, 0.1) is 0 Å². The van der Waals surface area contributed by atoms with Crippen molar-refractivity contribution in [3.8, 4) is 23.1 Å². The number of aryl methyl sites for hydroxylation is 1. The average Bonchev–Trinajstić information content (AvgIpc) is 3.06. The Morgan fingerprint density at radius 2 is 2.03 bits per heavy atom. The lowest BCUT2D eigenvalue weighted by atomic mass is 10.2. The molecule has 0 saturated heterocycles. The molecule has 0 spiro atoms. The Morgan fingerprint density at radius 3 is 2.80 bits per heavy atom. The van der Waals surface area contributed by atoms with Crippen LogP contribution in [0.2, 0.25) is 10.0 Å². The minimum absolute atomic E-state index is 0.0120. The van der Waals surface area contributed by atoms with Crippen LogP contribution in [0.4, 0.5) is 0 Å². The lowest BCUT2D eigenvalue weighted by Crippen LogP contribution is -2.26. The summed E-state index contributed by atoms with van der Waals surface area (Å²) in [6.07, 6.45) is 4.05. The van der Waals surface area contributed by atoms with E-state index in [1.165, 1.54) is 23.0 Å². The molecule has 1 N–H and O–H groups in total. The topological polar surface area (TPSA) is 108 Å². The summed E-state index contributed by atoms with van der Waals surface area (Å²) in [5, 5.41) is 13.6. The highest BCUT2D eigenvalue weighted by atomic mass is 35.5. The quantitative estimate of drug-likeness (QED) is 0.613. The Bertz CT molecular complexity index is 1170. The summed E-state index contributed by atoms with van der Waals surface area (Å²) < 4.78 is 13.8. The molecular weight excluding hydrogens is 435 g/mol. The van der Waals surface area contributed by atoms with Crippen molar-refractivity contribution in [1.29, 1.82) is 0 Å². The number of pyridine rings is 1. The van der Waals surface area contributed by atoms with Gasteiger partial charge in [0.1, 0.15) is 11.6 Å². The number of hydrogen-bond donors (Lipinski definition) is 1. The second-order valence-corrected chi connectivity index (χ2v) is 7.36. The van der Waals surface area contributed by atoms with Crippen molar-refractivity contribution in [1.82, 2.24) is 19.3 Å². The standard InChI is InChI=1S/C19H16Cl2N4O5/c20-11-8-12(21)15(30-14-4-3-6-22-18(14)29-10-17(26)27)9-13(11)25-19(28)24-7-2-1-5-16(24)23-25/h3-4,6,8-9H,1-2,5,7,10H2,(H,26,27). The van der Waals surface area contributed by atoms with Crippen molar-refractivity contribution in [3.05, 3.63) is 56.8 Å². The highest BCUT2D eigenvalue weighted by molar-refractivity contribution is 6.36. The normalized spacial score (nSPS) is 13.0. The fraction of sp³-hybridized carbons (Fsp3) is 0.263. The van der Waals surface area contributed by atoms with Crippen LogP contribution in [0.15, 0.2) is 35.3 Å². The van der Waals surface area contributed by atoms with E-state index in [0.717, 1.165) is 19.3 Å². The Hall–Kier alpha value is -3.04. The van der Waals surface area contributed by atoms with Crippen LogP contribution in [0.1, 0.15) is 18.7 Å². The van der Waals surface area contributed by atoms with Crippen LogP contribution >= 0.6 is 23.2 Å². The molecule has 0 fully saturated rings. The van der Waals surface area contributed by atoms with Crippen molar-refractivity contribution in [2.75, 3.05) is 6.61 Å². The molecule has 30 heavy (non-hydrogen) atoms. The first-order valence-corrected chi connectivity index (χ1v) is 9.85. The first-order valence-electron chi connectivity index (χ1n) is 9.09. The number of fused-ring (bicyclic) bond motifs is 1. The molecule has 9 nitrogen and oxygen atoms in total. The highest BCUT2D eigenvalue weighted by Crippen LogP contribution is 2.37. The predicted octanol–water partition coefficient (Wildman–Crippen LogP) is 3.33. The zero-order valence-electron chi connectivity index (χ0n) is 15.5. The maximum absolute atomic E-state index is 12.8. The summed E-state index contributed by atoms with van der Waals surface area (Å²) in [6.45, 7) is 0.0330. The van der Waals surface area contributed by atoms with Crippen LogP contribution in [-0.4, -0.2) is 37.0 Å². The van der Waals surface area contributed by atoms with Gasteiger partial charge in [-0.25, -0.2) is 14.6 Å². The van der Waals surface area contributed by atoms with Crippen LogP contribution in [0.3, 0.4) is 0 Å². The molecule has 1 aliphatic heterocycles. The average molecular weight is 451 g/mol. The summed E-state index contributed by atoms with van der Waals surface area (Å²) in [5.41, 5.74) is 0.0339. The van der Waals surface area contributed by atoms with E-state index in [4.69, 9.17) is 37.8 Å². The third-order valence-corrected chi connectivity index (χ3v) is 5.09. The second-order valence-electron chi connectivity index (χ2n) is 6.54. The monoisotopic (exact) mass is 450 g/mol. The molecule has 11 heteroatoms. The number of carboxylic acid groups (broad SMARTS) is 1. The van der Waals surface area contributed by atoms with Crippen molar-refractivity contribution in [3.63, 3.8) is 0 Å². The second kappa shape index (κ2) is 8.37. The summed E-state index contributed by atoms with van der Waals surface area (Å²) in [5.74, 6) is -0.118. The van der Waals surface area contributed by atoms with Gasteiger partial charge in [-0.15, -0.1) is 5.10 Å². The van der Waals surface area contributed by atoms with E-state index < -0.39 is 12.6 Å². The number of hydrogen-bond acceptors (Lipinski definition) is 6. The van der Waals surface area contributed by atoms with Crippen molar-refractivity contribution < 1.29 is 19.4 Å². The molecule has 3 heterocycles. The molecule has 0 amide bonds. The molecule has 2 aromatic heterocycles. The van der Waals surface area contributed by atoms with Gasteiger partial charge in [-0.3, -0.25) is 4.57 Å². The number of benzene rings is 1. The molecule has 1 aromatic carbocycles. The lowest BCUT2D eigenvalue weighted by Gasteiger charge is -2.13. The maximum atomic E-state index is 12.8. The largest absolute Gasteiger partial charge is 0.479 e. The number of aromatic nitrogens is 4. The first kappa shape index (κ1) is 20.2. The minimum Gasteiger partial charge on any atom is -0.479 e. The number of carboxylic acids is 1. The van der Waals surface area contributed by atoms with E-state index in [2.05, 4.69) is 10.1 Å². The molecule has 0 unspecified atom stereocenters. The highest BCUT2D eigenvalue weighted by Gasteiger charge is 2.21. The van der Waals surface area contributed by atoms with Gasteiger partial charge >= 0.3 is 11.7 Å². The smallest absolute Gasteiger partial charge is 0.350 e. The number of ether oxygens (including phenoxy) is 2. The molecule has 0 aliphatic carbocycles. The third kappa shape index (κ3) is 3.99. The zero-order chi connectivity index (χ0) is 21.3. The molecule has 0 saturated carbocycles. The number of rotatable bonds is 6. The van der Waals surface area contributed by atoms with E-state index in [-0.39, 0.29) is 33.1 Å². The van der Waals surface area contributed by atoms with E-state index in [1.807, 2.05) is 0 Å². The summed E-state index contributed by atoms with van der Waals surface area (Å²) >= 11 is 12.6. The minimum atomic E-state index is -1.15. The number of carbonyl (C=O) groups is 1. The predicted molar refractivity (Wildman–Crippen MR) is 108 cm³/mol. The van der Waals surface area contributed by atoms with Gasteiger partial charge in [-0.05, 0) is 31.0 Å². The van der Waals surface area contributed by atoms with E-state index in [0.29, 0.717) is 18.1 Å². The van der Waals surface area contributed by atoms with Crippen molar-refractivity contribution in [2.24, 2.45) is 0 Å². The van der Waals surface area contributed by atoms with E-state index >= 15 is 0 Å². The molecule has 156 valence electrons. The number of aliphatic carboxylic acids is 1. The van der Waals surface area contributed by atoms with Gasteiger partial charge in [0, 0.05) is 25.2 Å². The fourth-order valence-electron chi connectivity index (χ4n) is 3.13. The van der Waals surface area contributed by atoms with Crippen LogP contribution in [0.25, 0.3) is 5.69 Å². The molecule has 0 atom stereocenters. The fourth-order valence-corrected chi connectivity index (χ4v) is 3.63. The molecule has 0 bridgehead atoms. The van der Waals surface area contributed by atoms with Gasteiger partial charge in [-0.2, -0.15) is 4.68 Å². The third-order valence-electron chi connectivity index (χ3n) is 4.49. The molecule has 0 radical (unpaired) electrons. The van der Waals surface area contributed by atoms with Gasteiger partial charge in [0.05, 0.1) is 15.7 Å². The summed E-state index contributed by atoms with van der Waals surface area (Å²) in [4.78, 5) is 27.5. The zero-order valence-corrected chi connectivity index (χ0v) is 17.1. The van der Waals surface area contributed by atoms with Gasteiger partial charge in [0.2, 0.25) is 0 Å². The SMILES string of the molecule is O=C(O)COc1ncccc1Oc1cc(-n2nc3n(c2=O)CCCC3)c(Cl)cc1Cl. The summed E-state index contributed by atoms with van der Waals surface area (Å²) in [6, 6.07) is 6.10. The summed E-state index contributed by atoms with van der Waals surface area (Å²) in [7, 11) is 0. The molecule has 4 rings (SSSR count). The number of halogens is 2. The maximum Gasteiger partial charge on any atom is 0.350 e. The van der Waals surface area contributed by atoms with Crippen LogP contribution in [0.5, 0.6) is 17.4 Å². The molecule has 1 aliphatic rings. The van der Waals surface area contributed by atoms with Crippen molar-refractivity contribution >= 4 is 29.2 Å². The number of nitrogens with zero attached hydrogens (tertiary/aromatic N) is 4. The van der Waals surface area contributed by atoms with Crippen LogP contribution < -0.4 is 15.2 Å². The lowest BCUT2D eigenvalue weighted by molar-refractivity contribution is -0.139. The van der Waals surface area contributed by atoms with Gasteiger partial charge < -0.3 is 14.6 Å². The Morgan fingerprint density at radius 1 is 1.20 bits per heavy atom.